The van der Waals surface area contributed by atoms with E-state index in [0.717, 1.165) is 19.4 Å². The monoisotopic (exact) mass is 463 g/mol. The average Bonchev–Trinajstić information content (AvgIpc) is 3.03. The molecule has 4 heterocycles. The molecule has 0 radical (unpaired) electrons. The summed E-state index contributed by atoms with van der Waals surface area (Å²) in [4.78, 5) is 11.9. The van der Waals surface area contributed by atoms with E-state index in [-0.39, 0.29) is 33.5 Å². The molecular weight excluding hydrogens is 433 g/mol. The van der Waals surface area contributed by atoms with Crippen LogP contribution in [0, 0.1) is 11.7 Å². The summed E-state index contributed by atoms with van der Waals surface area (Å²) in [5, 5.41) is 26.2. The number of piperidine rings is 1. The number of aryl methyl sites for hydroxylation is 1. The maximum atomic E-state index is 14.9. The fraction of sp³-hybridized carbons (Fsp3) is 0.423. The van der Waals surface area contributed by atoms with Gasteiger partial charge in [0.05, 0.1) is 5.69 Å². The third kappa shape index (κ3) is 4.30. The van der Waals surface area contributed by atoms with Crippen LogP contribution in [0.15, 0.2) is 47.4 Å². The van der Waals surface area contributed by atoms with Crippen LogP contribution in [0.2, 0.25) is 0 Å². The van der Waals surface area contributed by atoms with Gasteiger partial charge in [0.2, 0.25) is 0 Å². The zero-order chi connectivity index (χ0) is 24.1. The van der Waals surface area contributed by atoms with Crippen molar-refractivity contribution in [2.45, 2.75) is 50.6 Å². The van der Waals surface area contributed by atoms with Crippen molar-refractivity contribution in [1.82, 2.24) is 20.1 Å². The van der Waals surface area contributed by atoms with Gasteiger partial charge in [0.15, 0.2) is 0 Å². The molecule has 3 N–H and O–H groups in total. The second-order valence-electron chi connectivity index (χ2n) is 10.4. The lowest BCUT2D eigenvalue weighted by Crippen LogP contribution is -2.54. The number of nitrogens with zero attached hydrogens (tertiary/aromatic N) is 3. The van der Waals surface area contributed by atoms with Crippen molar-refractivity contribution < 1.29 is 9.50 Å². The van der Waals surface area contributed by atoms with E-state index < -0.39 is 5.82 Å². The van der Waals surface area contributed by atoms with Crippen molar-refractivity contribution >= 4 is 5.82 Å². The maximum Gasteiger partial charge on any atom is 0.250 e. The first-order chi connectivity index (χ1) is 16.1. The zero-order valence-electron chi connectivity index (χ0n) is 19.7. The molecule has 2 atom stereocenters. The number of aromatic hydroxyl groups is 1. The minimum Gasteiger partial charge on any atom is -0.507 e. The molecule has 8 heteroatoms. The van der Waals surface area contributed by atoms with Crippen molar-refractivity contribution in [3.8, 4) is 28.1 Å². The van der Waals surface area contributed by atoms with E-state index in [2.05, 4.69) is 34.7 Å². The summed E-state index contributed by atoms with van der Waals surface area (Å²) in [7, 11) is 1.62. The third-order valence-electron chi connectivity index (χ3n) is 7.32. The van der Waals surface area contributed by atoms with Gasteiger partial charge in [-0.1, -0.05) is 0 Å². The quantitative estimate of drug-likeness (QED) is 0.528. The van der Waals surface area contributed by atoms with Gasteiger partial charge in [-0.3, -0.25) is 4.79 Å². The SMILES string of the molecule is Cn1ccc(-c2cc(O)c(-c3ccc(NCC4CC5(C)CCC(C)(C4)N5)nn3)cc2F)cc1=O. The Morgan fingerprint density at radius 1 is 1.12 bits per heavy atom. The summed E-state index contributed by atoms with van der Waals surface area (Å²) in [6.07, 6.45) is 6.26. The van der Waals surface area contributed by atoms with E-state index in [1.54, 1.807) is 31.4 Å². The van der Waals surface area contributed by atoms with Crippen molar-refractivity contribution in [3.05, 3.63) is 58.8 Å². The number of pyridine rings is 1. The van der Waals surface area contributed by atoms with Gasteiger partial charge in [-0.15, -0.1) is 10.2 Å². The second-order valence-corrected chi connectivity index (χ2v) is 10.4. The third-order valence-corrected chi connectivity index (χ3v) is 7.32. The lowest BCUT2D eigenvalue weighted by Gasteiger charge is -2.42. The maximum absolute atomic E-state index is 14.9. The average molecular weight is 464 g/mol. The van der Waals surface area contributed by atoms with Crippen LogP contribution in [0.5, 0.6) is 5.75 Å². The normalized spacial score (nSPS) is 25.9. The first-order valence-corrected chi connectivity index (χ1v) is 11.7. The van der Waals surface area contributed by atoms with Gasteiger partial charge in [0, 0.05) is 48.1 Å². The standard InChI is InChI=1S/C26H30FN5O2/c1-25-7-8-26(2,31-25)14-16(13-25)15-28-23-5-4-21(29-30-23)19-11-20(27)18(12-22(19)33)17-6-9-32(3)24(34)10-17/h4-6,9-12,16,31,33H,7-8,13-15H2,1-3H3,(H,28,30). The van der Waals surface area contributed by atoms with Gasteiger partial charge >= 0.3 is 0 Å². The molecule has 2 aliphatic heterocycles. The van der Waals surface area contributed by atoms with E-state index >= 15 is 0 Å². The Morgan fingerprint density at radius 2 is 1.85 bits per heavy atom. The van der Waals surface area contributed by atoms with Crippen LogP contribution in [-0.4, -0.2) is 37.5 Å². The van der Waals surface area contributed by atoms with E-state index in [1.807, 2.05) is 0 Å². The Bertz CT molecular complexity index is 1270. The van der Waals surface area contributed by atoms with Gasteiger partial charge in [-0.05, 0) is 81.3 Å². The van der Waals surface area contributed by atoms with Crippen molar-refractivity contribution in [3.63, 3.8) is 0 Å². The van der Waals surface area contributed by atoms with Crippen LogP contribution in [0.1, 0.15) is 39.5 Å². The highest BCUT2D eigenvalue weighted by molar-refractivity contribution is 5.74. The number of hydrogen-bond donors (Lipinski definition) is 3. The van der Waals surface area contributed by atoms with Gasteiger partial charge in [0.1, 0.15) is 17.4 Å². The molecule has 3 aromatic rings. The largest absolute Gasteiger partial charge is 0.507 e. The minimum atomic E-state index is -0.549. The Labute approximate surface area is 198 Å². The molecule has 2 aromatic heterocycles. The van der Waals surface area contributed by atoms with Crippen LogP contribution < -0.4 is 16.2 Å². The number of hydrogen-bond acceptors (Lipinski definition) is 6. The molecule has 34 heavy (non-hydrogen) atoms. The lowest BCUT2D eigenvalue weighted by atomic mass is 9.80. The summed E-state index contributed by atoms with van der Waals surface area (Å²) in [5.74, 6) is 0.536. The fourth-order valence-corrected chi connectivity index (χ4v) is 5.73. The Kier molecular flexibility index (Phi) is 5.43. The number of halogens is 1. The molecule has 2 bridgehead atoms. The molecule has 0 aliphatic carbocycles. The summed E-state index contributed by atoms with van der Waals surface area (Å²) >= 11 is 0. The topological polar surface area (TPSA) is 92.1 Å². The van der Waals surface area contributed by atoms with Gasteiger partial charge in [-0.2, -0.15) is 0 Å². The van der Waals surface area contributed by atoms with Crippen LogP contribution in [0.4, 0.5) is 10.2 Å². The molecule has 7 nitrogen and oxygen atoms in total. The first kappa shape index (κ1) is 22.5. The highest BCUT2D eigenvalue weighted by atomic mass is 19.1. The van der Waals surface area contributed by atoms with E-state index in [1.165, 1.54) is 35.6 Å². The lowest BCUT2D eigenvalue weighted by molar-refractivity contribution is 0.178. The molecule has 2 saturated heterocycles. The molecule has 0 amide bonds. The summed E-state index contributed by atoms with van der Waals surface area (Å²) in [6, 6.07) is 9.04. The molecule has 2 unspecified atom stereocenters. The molecule has 178 valence electrons. The summed E-state index contributed by atoms with van der Waals surface area (Å²) in [5.41, 5.74) is 1.36. The second kappa shape index (κ2) is 8.20. The number of phenols is 1. The molecular formula is C26H30FN5O2. The Morgan fingerprint density at radius 3 is 2.50 bits per heavy atom. The molecule has 2 aliphatic rings. The van der Waals surface area contributed by atoms with E-state index in [0.29, 0.717) is 23.0 Å². The van der Waals surface area contributed by atoms with Crippen LogP contribution in [0.25, 0.3) is 22.4 Å². The minimum absolute atomic E-state index is 0.126. The predicted molar refractivity (Wildman–Crippen MR) is 130 cm³/mol. The molecule has 2 fully saturated rings. The van der Waals surface area contributed by atoms with Crippen LogP contribution in [0.3, 0.4) is 0 Å². The van der Waals surface area contributed by atoms with Crippen molar-refractivity contribution in [2.75, 3.05) is 11.9 Å². The van der Waals surface area contributed by atoms with E-state index in [4.69, 9.17) is 0 Å². The fourth-order valence-electron chi connectivity index (χ4n) is 5.73. The highest BCUT2D eigenvalue weighted by Crippen LogP contribution is 2.44. The summed E-state index contributed by atoms with van der Waals surface area (Å²) < 4.78 is 16.3. The number of fused-ring (bicyclic) bond motifs is 2. The number of aromatic nitrogens is 3. The number of anilines is 1. The van der Waals surface area contributed by atoms with Crippen molar-refractivity contribution in [1.29, 1.82) is 0 Å². The van der Waals surface area contributed by atoms with E-state index in [9.17, 15) is 14.3 Å². The van der Waals surface area contributed by atoms with Gasteiger partial charge in [0.25, 0.3) is 5.56 Å². The smallest absolute Gasteiger partial charge is 0.250 e. The number of benzene rings is 1. The van der Waals surface area contributed by atoms with Crippen molar-refractivity contribution in [2.24, 2.45) is 13.0 Å². The number of phenolic OH excluding ortho intramolecular Hbond substituents is 1. The summed E-state index contributed by atoms with van der Waals surface area (Å²) in [6.45, 7) is 5.45. The van der Waals surface area contributed by atoms with Crippen LogP contribution in [-0.2, 0) is 7.05 Å². The predicted octanol–water partition coefficient (Wildman–Crippen LogP) is 4.08. The zero-order valence-corrected chi connectivity index (χ0v) is 19.7. The van der Waals surface area contributed by atoms with Crippen LogP contribution >= 0.6 is 0 Å². The molecule has 1 aromatic carbocycles. The first-order valence-electron chi connectivity index (χ1n) is 11.7. The number of nitrogens with one attached hydrogen (secondary N) is 2. The van der Waals surface area contributed by atoms with Gasteiger partial charge in [-0.25, -0.2) is 4.39 Å². The molecule has 0 saturated carbocycles. The Hall–Kier alpha value is -3.26. The molecule has 5 rings (SSSR count). The molecule has 0 spiro atoms. The number of rotatable bonds is 5. The Balaban J connectivity index is 1.30. The van der Waals surface area contributed by atoms with Gasteiger partial charge < -0.3 is 20.3 Å². The highest BCUT2D eigenvalue weighted by Gasteiger charge is 2.48.